The van der Waals surface area contributed by atoms with Crippen LogP contribution < -0.4 is 19.1 Å². The zero-order valence-electron chi connectivity index (χ0n) is 28.3. The predicted molar refractivity (Wildman–Crippen MR) is 174 cm³/mol. The Morgan fingerprint density at radius 3 is 2.62 bits per heavy atom. The molecule has 0 aliphatic heterocycles. The summed E-state index contributed by atoms with van der Waals surface area (Å²) in [6, 6.07) is 9.27. The van der Waals surface area contributed by atoms with Crippen molar-refractivity contribution in [3.63, 3.8) is 0 Å². The van der Waals surface area contributed by atoms with Crippen molar-refractivity contribution < 1.29 is 20.6 Å². The van der Waals surface area contributed by atoms with E-state index in [1.54, 1.807) is 40.5 Å². The van der Waals surface area contributed by atoms with E-state index in [0.717, 1.165) is 84.3 Å². The molecule has 2 aromatic heterocycles. The number of nitrogens with one attached hydrogen (secondary N) is 1. The molecular weight excluding hydrogens is 588 g/mol. The number of ether oxygens (including phenoxy) is 2. The molecule has 1 N–H and O–H groups in total. The van der Waals surface area contributed by atoms with Crippen LogP contribution in [0.4, 0.5) is 5.95 Å². The first-order chi connectivity index (χ1) is 22.5. The van der Waals surface area contributed by atoms with Crippen LogP contribution in [0.1, 0.15) is 83.0 Å². The number of pyridine rings is 1. The van der Waals surface area contributed by atoms with Crippen molar-refractivity contribution in [3.8, 4) is 11.5 Å². The normalized spacial score (nSPS) is 19.0. The van der Waals surface area contributed by atoms with Crippen LogP contribution in [0.3, 0.4) is 0 Å². The lowest BCUT2D eigenvalue weighted by Crippen LogP contribution is -2.29. The van der Waals surface area contributed by atoms with E-state index >= 15 is 0 Å². The molecule has 0 radical (unpaired) electrons. The summed E-state index contributed by atoms with van der Waals surface area (Å²) in [6.07, 6.45) is 9.45. The minimum atomic E-state index is -4.24. The Morgan fingerprint density at radius 2 is 1.91 bits per heavy atom. The van der Waals surface area contributed by atoms with Gasteiger partial charge in [0.15, 0.2) is 0 Å². The maximum absolute atomic E-state index is 14.0. The molecule has 1 unspecified atom stereocenters. The number of methoxy groups -OCH3 is 2. The Balaban J connectivity index is 1.31. The average Bonchev–Trinajstić information content (AvgIpc) is 3.97. The third-order valence-corrected chi connectivity index (χ3v) is 10.5. The van der Waals surface area contributed by atoms with Crippen LogP contribution in [-0.2, 0) is 23.0 Å². The number of hydrogen-bond donors (Lipinski definition) is 1. The molecule has 3 aliphatic carbocycles. The van der Waals surface area contributed by atoms with Crippen LogP contribution in [0.2, 0.25) is 0 Å². The first-order valence-corrected chi connectivity index (χ1v) is 17.3. The smallest absolute Gasteiger partial charge is 0.241 e. The van der Waals surface area contributed by atoms with E-state index < -0.39 is 22.4 Å². The number of aromatic nitrogens is 4. The van der Waals surface area contributed by atoms with Gasteiger partial charge in [-0.15, -0.1) is 10.2 Å². The van der Waals surface area contributed by atoms with Crippen molar-refractivity contribution >= 4 is 26.7 Å². The first kappa shape index (κ1) is 27.6. The predicted octanol–water partition coefficient (Wildman–Crippen LogP) is 5.61. The molecule has 2 saturated carbocycles. The summed E-state index contributed by atoms with van der Waals surface area (Å²) in [6.45, 7) is 2.57. The molecule has 2 aromatic carbocycles. The van der Waals surface area contributed by atoms with Gasteiger partial charge >= 0.3 is 0 Å². The molecule has 1 atom stereocenters. The largest absolute Gasteiger partial charge is 0.497 e. The fourth-order valence-electron chi connectivity index (χ4n) is 6.45. The van der Waals surface area contributed by atoms with Gasteiger partial charge in [0.05, 0.1) is 25.2 Å². The van der Waals surface area contributed by atoms with Gasteiger partial charge in [-0.3, -0.25) is 9.55 Å². The lowest BCUT2D eigenvalue weighted by atomic mass is 10.00. The quantitative estimate of drug-likeness (QED) is 0.203. The molecule has 2 heterocycles. The Bertz CT molecular complexity index is 1920. The van der Waals surface area contributed by atoms with Gasteiger partial charge in [-0.1, -0.05) is 13.8 Å². The van der Waals surface area contributed by atoms with Crippen molar-refractivity contribution in [2.45, 2.75) is 75.8 Å². The molecule has 7 rings (SSSR count). The van der Waals surface area contributed by atoms with Gasteiger partial charge in [-0.25, -0.2) is 13.1 Å². The lowest BCUT2D eigenvalue weighted by molar-refractivity contribution is 0.390. The molecule has 10 nitrogen and oxygen atoms in total. The zero-order valence-corrected chi connectivity index (χ0v) is 27.1. The summed E-state index contributed by atoms with van der Waals surface area (Å²) in [4.78, 5) is 7.10. The van der Waals surface area contributed by atoms with Gasteiger partial charge in [0.1, 0.15) is 17.8 Å². The van der Waals surface area contributed by atoms with E-state index in [9.17, 15) is 8.42 Å². The molecule has 3 aliphatic rings. The summed E-state index contributed by atoms with van der Waals surface area (Å²) in [5.41, 5.74) is 3.83. The summed E-state index contributed by atoms with van der Waals surface area (Å²) in [5.74, 6) is 2.51. The fourth-order valence-corrected chi connectivity index (χ4v) is 7.70. The second-order valence-corrected chi connectivity index (χ2v) is 14.5. The van der Waals surface area contributed by atoms with Crippen LogP contribution >= 0.6 is 0 Å². The van der Waals surface area contributed by atoms with Crippen molar-refractivity contribution in [3.05, 3.63) is 65.2 Å². The van der Waals surface area contributed by atoms with Gasteiger partial charge in [-0.2, -0.15) is 0 Å². The lowest BCUT2D eigenvalue weighted by Gasteiger charge is -2.27. The van der Waals surface area contributed by atoms with Crippen LogP contribution in [-0.4, -0.2) is 55.4 Å². The second kappa shape index (κ2) is 11.9. The zero-order chi connectivity index (χ0) is 33.1. The number of sulfonamides is 1. The highest BCUT2D eigenvalue weighted by molar-refractivity contribution is 7.89. The average molecular weight is 633 g/mol. The fraction of sp³-hybridized carbons (Fsp3) is 0.500. The van der Waals surface area contributed by atoms with Crippen LogP contribution in [0.25, 0.3) is 10.8 Å². The molecule has 0 spiro atoms. The minimum absolute atomic E-state index is 0.0828. The molecule has 4 aromatic rings. The number of nitrogens with zero attached hydrogens (tertiary/aromatic N) is 5. The maximum atomic E-state index is 14.0. The topological polar surface area (TPSA) is 111 Å². The molecule has 45 heavy (non-hydrogen) atoms. The molecule has 0 saturated heterocycles. The Kier molecular flexibility index (Phi) is 7.30. The van der Waals surface area contributed by atoms with Crippen molar-refractivity contribution in [1.82, 2.24) is 24.5 Å². The molecular formula is C34H42N6O4S. The van der Waals surface area contributed by atoms with E-state index in [2.05, 4.69) is 24.4 Å². The molecule has 0 bridgehead atoms. The Hall–Kier alpha value is -3.70. The van der Waals surface area contributed by atoms with Gasteiger partial charge in [0.25, 0.3) is 0 Å². The Labute approximate surface area is 268 Å². The third-order valence-electron chi connectivity index (χ3n) is 9.15. The second-order valence-electron chi connectivity index (χ2n) is 12.9. The number of anilines is 1. The van der Waals surface area contributed by atoms with Gasteiger partial charge in [-0.05, 0) is 85.8 Å². The van der Waals surface area contributed by atoms with Crippen molar-refractivity contribution in [1.29, 1.82) is 0 Å². The van der Waals surface area contributed by atoms with Crippen molar-refractivity contribution in [2.24, 2.45) is 11.8 Å². The molecule has 0 amide bonds. The minimum Gasteiger partial charge on any atom is -0.497 e. The number of rotatable bonds is 13. The Morgan fingerprint density at radius 1 is 1.09 bits per heavy atom. The third kappa shape index (κ3) is 6.00. The SMILES string of the molecule is [2H]C([2H])(NS(=O)(=O)c1cc2c(c3cnc(C4CC4)cc13)CCC2n1cnnc1N(Cc1ccc(OC)cc1OC)CC1CC1)C(C)C. The van der Waals surface area contributed by atoms with E-state index in [1.807, 2.05) is 30.5 Å². The van der Waals surface area contributed by atoms with Gasteiger partial charge in [0, 0.05) is 62.5 Å². The van der Waals surface area contributed by atoms with E-state index in [1.165, 1.54) is 0 Å². The molecule has 238 valence electrons. The highest BCUT2D eigenvalue weighted by atomic mass is 32.2. The number of hydrogen-bond acceptors (Lipinski definition) is 8. The highest BCUT2D eigenvalue weighted by Crippen LogP contribution is 2.45. The summed E-state index contributed by atoms with van der Waals surface area (Å²) in [5, 5.41) is 10.4. The summed E-state index contributed by atoms with van der Waals surface area (Å²) < 4.78 is 60.5. The van der Waals surface area contributed by atoms with Gasteiger partial charge < -0.3 is 14.4 Å². The van der Waals surface area contributed by atoms with E-state index in [0.29, 0.717) is 29.7 Å². The maximum Gasteiger partial charge on any atom is 0.241 e. The van der Waals surface area contributed by atoms with Crippen LogP contribution in [0.15, 0.2) is 47.8 Å². The van der Waals surface area contributed by atoms with E-state index in [4.69, 9.17) is 17.2 Å². The van der Waals surface area contributed by atoms with Gasteiger partial charge in [0.2, 0.25) is 16.0 Å². The summed E-state index contributed by atoms with van der Waals surface area (Å²) >= 11 is 0. The first-order valence-electron chi connectivity index (χ1n) is 16.8. The van der Waals surface area contributed by atoms with Crippen LogP contribution in [0.5, 0.6) is 11.5 Å². The number of benzene rings is 2. The van der Waals surface area contributed by atoms with Crippen molar-refractivity contribution in [2.75, 3.05) is 32.2 Å². The number of aryl methyl sites for hydroxylation is 1. The standard InChI is InChI=1S/C34H42N6O4S/c1-21(2)16-37-45(41,42)33-15-27-26(29-17-35-30(14-28(29)33)23-7-8-23)11-12-31(27)40-20-36-38-34(40)39(18-22-5-6-22)19-24-9-10-25(43-3)13-32(24)44-4/h9-10,13-15,17,20-23,31,37H,5-8,11-12,16,18-19H2,1-4H3/i16D2. The highest BCUT2D eigenvalue weighted by Gasteiger charge is 2.35. The summed E-state index contributed by atoms with van der Waals surface area (Å²) in [7, 11) is -0.954. The molecule has 2 fully saturated rings. The molecule has 11 heteroatoms. The monoisotopic (exact) mass is 632 g/mol. The number of fused-ring (bicyclic) bond motifs is 3. The van der Waals surface area contributed by atoms with Crippen LogP contribution in [0, 0.1) is 11.8 Å². The van der Waals surface area contributed by atoms with E-state index in [-0.39, 0.29) is 10.9 Å².